The third kappa shape index (κ3) is 4.46. The van der Waals surface area contributed by atoms with Crippen molar-refractivity contribution < 1.29 is 4.79 Å². The molecule has 0 unspecified atom stereocenters. The first kappa shape index (κ1) is 13.1. The second-order valence-electron chi connectivity index (χ2n) is 4.34. The van der Waals surface area contributed by atoms with E-state index in [0.717, 1.165) is 23.5 Å². The van der Waals surface area contributed by atoms with Crippen LogP contribution in [0.3, 0.4) is 0 Å². The minimum atomic E-state index is -0.153. The minimum absolute atomic E-state index is 0.153. The van der Waals surface area contributed by atoms with Gasteiger partial charge in [0, 0.05) is 31.4 Å². The van der Waals surface area contributed by atoms with E-state index in [0.29, 0.717) is 13.1 Å². The molecule has 2 rings (SSSR count). The van der Waals surface area contributed by atoms with Crippen LogP contribution in [0.5, 0.6) is 0 Å². The Morgan fingerprint density at radius 2 is 2.05 bits per heavy atom. The molecule has 0 aliphatic rings. The summed E-state index contributed by atoms with van der Waals surface area (Å²) in [5.41, 5.74) is 2.11. The monoisotopic (exact) mass is 258 g/mol. The molecule has 1 aromatic heterocycles. The fourth-order valence-corrected chi connectivity index (χ4v) is 1.75. The van der Waals surface area contributed by atoms with Crippen LogP contribution in [0, 0.1) is 6.92 Å². The Kier molecular flexibility index (Phi) is 4.55. The van der Waals surface area contributed by atoms with E-state index >= 15 is 0 Å². The highest BCUT2D eigenvalue weighted by molar-refractivity contribution is 5.73. The van der Waals surface area contributed by atoms with Crippen LogP contribution in [0.25, 0.3) is 0 Å². The molecule has 0 spiro atoms. The lowest BCUT2D eigenvalue weighted by Crippen LogP contribution is -2.36. The van der Waals surface area contributed by atoms with Crippen LogP contribution in [-0.2, 0) is 13.0 Å². The molecule has 5 heteroatoms. The van der Waals surface area contributed by atoms with Gasteiger partial charge in [-0.25, -0.2) is 9.78 Å². The average molecular weight is 258 g/mol. The van der Waals surface area contributed by atoms with Crippen molar-refractivity contribution in [1.82, 2.24) is 20.6 Å². The van der Waals surface area contributed by atoms with E-state index in [1.54, 1.807) is 6.20 Å². The van der Waals surface area contributed by atoms with Crippen LogP contribution in [0.15, 0.2) is 36.5 Å². The summed E-state index contributed by atoms with van der Waals surface area (Å²) < 4.78 is 0. The van der Waals surface area contributed by atoms with Crippen molar-refractivity contribution in [1.29, 1.82) is 0 Å². The molecule has 5 nitrogen and oxygen atoms in total. The molecule has 0 fully saturated rings. The highest BCUT2D eigenvalue weighted by atomic mass is 16.2. The highest BCUT2D eigenvalue weighted by Crippen LogP contribution is 1.97. The zero-order valence-corrected chi connectivity index (χ0v) is 10.9. The molecule has 0 radical (unpaired) electrons. The quantitative estimate of drug-likeness (QED) is 0.765. The number of aromatic amines is 1. The van der Waals surface area contributed by atoms with Gasteiger partial charge in [-0.1, -0.05) is 30.3 Å². The number of nitrogens with zero attached hydrogens (tertiary/aromatic N) is 1. The number of carbonyl (C=O) groups excluding carboxylic acids is 1. The third-order valence-corrected chi connectivity index (χ3v) is 2.73. The van der Waals surface area contributed by atoms with Crippen LogP contribution in [0.2, 0.25) is 0 Å². The molecule has 100 valence electrons. The minimum Gasteiger partial charge on any atom is -0.346 e. The van der Waals surface area contributed by atoms with Crippen molar-refractivity contribution in [3.05, 3.63) is 53.6 Å². The van der Waals surface area contributed by atoms with E-state index < -0.39 is 0 Å². The fraction of sp³-hybridized carbons (Fsp3) is 0.286. The predicted octanol–water partition coefficient (Wildman–Crippen LogP) is 1.76. The predicted molar refractivity (Wildman–Crippen MR) is 73.7 cm³/mol. The summed E-state index contributed by atoms with van der Waals surface area (Å²) >= 11 is 0. The van der Waals surface area contributed by atoms with Crippen LogP contribution < -0.4 is 10.6 Å². The Bertz CT molecular complexity index is 521. The number of imidazole rings is 1. The van der Waals surface area contributed by atoms with E-state index in [1.165, 1.54) is 0 Å². The van der Waals surface area contributed by atoms with Gasteiger partial charge in [-0.2, -0.15) is 0 Å². The Morgan fingerprint density at radius 3 is 2.74 bits per heavy atom. The van der Waals surface area contributed by atoms with Gasteiger partial charge < -0.3 is 15.6 Å². The molecular weight excluding hydrogens is 240 g/mol. The zero-order valence-electron chi connectivity index (χ0n) is 10.9. The van der Waals surface area contributed by atoms with E-state index in [4.69, 9.17) is 0 Å². The van der Waals surface area contributed by atoms with Crippen molar-refractivity contribution >= 4 is 6.03 Å². The van der Waals surface area contributed by atoms with Crippen LogP contribution >= 0.6 is 0 Å². The molecule has 0 saturated carbocycles. The van der Waals surface area contributed by atoms with Gasteiger partial charge in [-0.3, -0.25) is 0 Å². The van der Waals surface area contributed by atoms with Crippen LogP contribution in [0.1, 0.15) is 17.1 Å². The number of nitrogens with one attached hydrogen (secondary N) is 3. The zero-order chi connectivity index (χ0) is 13.5. The number of rotatable bonds is 5. The maximum atomic E-state index is 11.6. The summed E-state index contributed by atoms with van der Waals surface area (Å²) in [5, 5.41) is 5.63. The van der Waals surface area contributed by atoms with Gasteiger partial charge >= 0.3 is 6.03 Å². The number of benzene rings is 1. The molecule has 19 heavy (non-hydrogen) atoms. The number of amides is 2. The van der Waals surface area contributed by atoms with Crippen LogP contribution in [-0.4, -0.2) is 22.5 Å². The third-order valence-electron chi connectivity index (χ3n) is 2.73. The molecule has 2 amide bonds. The Labute approximate surface area is 112 Å². The second kappa shape index (κ2) is 6.58. The number of hydrogen-bond acceptors (Lipinski definition) is 2. The van der Waals surface area contributed by atoms with Gasteiger partial charge in [0.1, 0.15) is 5.82 Å². The molecule has 0 aliphatic heterocycles. The second-order valence-corrected chi connectivity index (χ2v) is 4.34. The van der Waals surface area contributed by atoms with Crippen molar-refractivity contribution in [2.75, 3.05) is 6.54 Å². The van der Waals surface area contributed by atoms with Gasteiger partial charge in [0.25, 0.3) is 0 Å². The van der Waals surface area contributed by atoms with E-state index in [1.807, 2.05) is 37.3 Å². The Hall–Kier alpha value is -2.30. The molecule has 1 aromatic carbocycles. The maximum Gasteiger partial charge on any atom is 0.315 e. The van der Waals surface area contributed by atoms with Crippen molar-refractivity contribution in [2.24, 2.45) is 0 Å². The summed E-state index contributed by atoms with van der Waals surface area (Å²) in [4.78, 5) is 18.8. The first-order valence-corrected chi connectivity index (χ1v) is 6.30. The molecule has 0 aliphatic carbocycles. The molecule has 0 saturated heterocycles. The maximum absolute atomic E-state index is 11.6. The first-order valence-electron chi connectivity index (χ1n) is 6.30. The van der Waals surface area contributed by atoms with Crippen molar-refractivity contribution in [3.8, 4) is 0 Å². The fourth-order valence-electron chi connectivity index (χ4n) is 1.75. The normalized spacial score (nSPS) is 10.2. The molecule has 3 N–H and O–H groups in total. The molecule has 0 atom stereocenters. The average Bonchev–Trinajstić information content (AvgIpc) is 2.83. The largest absolute Gasteiger partial charge is 0.346 e. The van der Waals surface area contributed by atoms with Crippen LogP contribution in [0.4, 0.5) is 4.79 Å². The summed E-state index contributed by atoms with van der Waals surface area (Å²) in [5.74, 6) is 0.892. The number of aromatic nitrogens is 2. The van der Waals surface area contributed by atoms with Crippen molar-refractivity contribution in [3.63, 3.8) is 0 Å². The number of carbonyl (C=O) groups is 1. The first-order chi connectivity index (χ1) is 9.24. The number of H-pyrrole nitrogens is 1. The lowest BCUT2D eigenvalue weighted by Gasteiger charge is -2.07. The van der Waals surface area contributed by atoms with E-state index in [-0.39, 0.29) is 6.03 Å². The summed E-state index contributed by atoms with van der Waals surface area (Å²) in [6, 6.07) is 9.67. The van der Waals surface area contributed by atoms with Gasteiger partial charge in [0.15, 0.2) is 0 Å². The molecular formula is C14H18N4O. The molecule has 2 aromatic rings. The highest BCUT2D eigenvalue weighted by Gasteiger charge is 2.01. The molecule has 1 heterocycles. The number of hydrogen-bond donors (Lipinski definition) is 3. The van der Waals surface area contributed by atoms with Crippen molar-refractivity contribution in [2.45, 2.75) is 19.9 Å². The lowest BCUT2D eigenvalue weighted by molar-refractivity contribution is 0.240. The number of aryl methyl sites for hydroxylation is 1. The van der Waals surface area contributed by atoms with Gasteiger partial charge in [0.2, 0.25) is 0 Å². The SMILES string of the molecule is Cc1ncc(CCNC(=O)NCc2ccccc2)[nH]1. The Balaban J connectivity index is 1.65. The van der Waals surface area contributed by atoms with Gasteiger partial charge in [0.05, 0.1) is 0 Å². The van der Waals surface area contributed by atoms with Gasteiger partial charge in [-0.15, -0.1) is 0 Å². The molecule has 0 bridgehead atoms. The number of urea groups is 1. The summed E-state index contributed by atoms with van der Waals surface area (Å²) in [6.07, 6.45) is 2.54. The summed E-state index contributed by atoms with van der Waals surface area (Å²) in [7, 11) is 0. The standard InChI is InChI=1S/C14H18N4O/c1-11-16-10-13(18-11)7-8-15-14(19)17-9-12-5-3-2-4-6-12/h2-6,10H,7-9H2,1H3,(H,16,18)(H2,15,17,19). The topological polar surface area (TPSA) is 69.8 Å². The lowest BCUT2D eigenvalue weighted by atomic mass is 10.2. The smallest absolute Gasteiger partial charge is 0.315 e. The van der Waals surface area contributed by atoms with E-state index in [9.17, 15) is 4.79 Å². The Morgan fingerprint density at radius 1 is 1.26 bits per heavy atom. The summed E-state index contributed by atoms with van der Waals surface area (Å²) in [6.45, 7) is 3.03. The van der Waals surface area contributed by atoms with E-state index in [2.05, 4.69) is 20.6 Å². The van der Waals surface area contributed by atoms with Gasteiger partial charge in [-0.05, 0) is 12.5 Å².